The highest BCUT2D eigenvalue weighted by Crippen LogP contribution is 2.09. The zero-order chi connectivity index (χ0) is 13.5. The molecule has 0 bridgehead atoms. The van der Waals surface area contributed by atoms with Gasteiger partial charge in [0, 0.05) is 24.8 Å². The maximum Gasteiger partial charge on any atom is 0.251 e. The quantitative estimate of drug-likeness (QED) is 0.815. The Morgan fingerprint density at radius 2 is 2.06 bits per heavy atom. The largest absolute Gasteiger partial charge is 0.373 e. The van der Waals surface area contributed by atoms with E-state index >= 15 is 0 Å². The van der Waals surface area contributed by atoms with E-state index in [1.54, 1.807) is 25.4 Å². The number of hydrogen-bond donors (Lipinski definition) is 2. The highest BCUT2D eigenvalue weighted by molar-refractivity contribution is 5.94. The van der Waals surface area contributed by atoms with Crippen molar-refractivity contribution >= 4 is 11.7 Å². The van der Waals surface area contributed by atoms with Crippen molar-refractivity contribution in [3.8, 4) is 0 Å². The fraction of sp³-hybridized carbons (Fsp3) is 0.571. The number of aromatic nitrogens is 1. The van der Waals surface area contributed by atoms with Crippen LogP contribution in [0.2, 0.25) is 0 Å². The second-order valence-corrected chi connectivity index (χ2v) is 5.03. The molecule has 18 heavy (non-hydrogen) atoms. The van der Waals surface area contributed by atoms with E-state index < -0.39 is 0 Å². The van der Waals surface area contributed by atoms with Crippen molar-refractivity contribution in [2.75, 3.05) is 12.4 Å². The van der Waals surface area contributed by atoms with Gasteiger partial charge >= 0.3 is 0 Å². The Hall–Kier alpha value is -1.58. The lowest BCUT2D eigenvalue weighted by Crippen LogP contribution is -2.32. The topological polar surface area (TPSA) is 54.0 Å². The summed E-state index contributed by atoms with van der Waals surface area (Å²) < 4.78 is 0. The van der Waals surface area contributed by atoms with Crippen molar-refractivity contribution in [1.29, 1.82) is 0 Å². The predicted octanol–water partition coefficient (Wildman–Crippen LogP) is 2.68. The summed E-state index contributed by atoms with van der Waals surface area (Å²) in [6.45, 7) is 6.42. The summed E-state index contributed by atoms with van der Waals surface area (Å²) >= 11 is 0. The second-order valence-electron chi connectivity index (χ2n) is 5.03. The minimum Gasteiger partial charge on any atom is -0.373 e. The molecule has 0 aliphatic carbocycles. The number of carbonyl (C=O) groups excluding carboxylic acids is 1. The minimum atomic E-state index is -0.0369. The van der Waals surface area contributed by atoms with Crippen molar-refractivity contribution in [3.05, 3.63) is 23.9 Å². The lowest BCUT2D eigenvalue weighted by Gasteiger charge is -2.15. The molecule has 0 aliphatic heterocycles. The van der Waals surface area contributed by atoms with Crippen LogP contribution in [0.5, 0.6) is 0 Å². The van der Waals surface area contributed by atoms with Crippen LogP contribution in [-0.4, -0.2) is 24.0 Å². The Labute approximate surface area is 109 Å². The Balaban J connectivity index is 2.53. The molecule has 0 radical (unpaired) electrons. The van der Waals surface area contributed by atoms with Crippen LogP contribution in [0, 0.1) is 5.92 Å². The molecule has 4 nitrogen and oxygen atoms in total. The molecule has 0 saturated heterocycles. The molecule has 4 heteroatoms. The summed E-state index contributed by atoms with van der Waals surface area (Å²) in [6.07, 6.45) is 3.77. The number of nitrogens with one attached hydrogen (secondary N) is 2. The number of hydrogen-bond acceptors (Lipinski definition) is 3. The average Bonchev–Trinajstić information content (AvgIpc) is 2.36. The van der Waals surface area contributed by atoms with Gasteiger partial charge in [0.1, 0.15) is 5.82 Å². The van der Waals surface area contributed by atoms with Gasteiger partial charge in [-0.1, -0.05) is 13.8 Å². The number of amides is 1. The van der Waals surface area contributed by atoms with Crippen LogP contribution in [0.4, 0.5) is 5.82 Å². The van der Waals surface area contributed by atoms with E-state index in [4.69, 9.17) is 0 Å². The Morgan fingerprint density at radius 3 is 2.67 bits per heavy atom. The molecular formula is C14H23N3O. The van der Waals surface area contributed by atoms with Crippen molar-refractivity contribution in [2.24, 2.45) is 5.92 Å². The number of pyridine rings is 1. The van der Waals surface area contributed by atoms with Crippen molar-refractivity contribution < 1.29 is 4.79 Å². The van der Waals surface area contributed by atoms with Gasteiger partial charge in [0.25, 0.3) is 5.91 Å². The minimum absolute atomic E-state index is 0.0369. The van der Waals surface area contributed by atoms with E-state index in [2.05, 4.69) is 29.5 Å². The lowest BCUT2D eigenvalue weighted by molar-refractivity contribution is 0.0937. The highest BCUT2D eigenvalue weighted by atomic mass is 16.1. The van der Waals surface area contributed by atoms with Gasteiger partial charge in [0.15, 0.2) is 0 Å². The van der Waals surface area contributed by atoms with Crippen LogP contribution >= 0.6 is 0 Å². The third-order valence-corrected chi connectivity index (χ3v) is 2.83. The molecule has 1 amide bonds. The maximum absolute atomic E-state index is 12.0. The summed E-state index contributed by atoms with van der Waals surface area (Å²) in [4.78, 5) is 16.1. The Kier molecular flexibility index (Phi) is 5.62. The molecule has 1 atom stereocenters. The summed E-state index contributed by atoms with van der Waals surface area (Å²) in [6, 6.07) is 3.68. The first-order valence-corrected chi connectivity index (χ1v) is 6.47. The fourth-order valence-electron chi connectivity index (χ4n) is 1.67. The first-order valence-electron chi connectivity index (χ1n) is 6.47. The lowest BCUT2D eigenvalue weighted by atomic mass is 10.0. The molecule has 0 aromatic carbocycles. The predicted molar refractivity (Wildman–Crippen MR) is 74.8 cm³/mol. The fourth-order valence-corrected chi connectivity index (χ4v) is 1.67. The van der Waals surface area contributed by atoms with E-state index in [-0.39, 0.29) is 11.9 Å². The summed E-state index contributed by atoms with van der Waals surface area (Å²) in [5, 5.41) is 5.93. The van der Waals surface area contributed by atoms with E-state index in [9.17, 15) is 4.79 Å². The number of carbonyl (C=O) groups is 1. The van der Waals surface area contributed by atoms with Gasteiger partial charge < -0.3 is 10.6 Å². The summed E-state index contributed by atoms with van der Waals surface area (Å²) in [5.74, 6) is 1.34. The summed E-state index contributed by atoms with van der Waals surface area (Å²) in [7, 11) is 1.79. The standard InChI is InChI=1S/C14H23N3O/c1-10(2)5-6-11(3)17-14(18)12-7-8-16-13(9-12)15-4/h7-11H,5-6H2,1-4H3,(H,15,16)(H,17,18). The SMILES string of the molecule is CNc1cc(C(=O)NC(C)CCC(C)C)ccn1. The van der Waals surface area contributed by atoms with Crippen LogP contribution in [0.1, 0.15) is 44.0 Å². The number of rotatable bonds is 6. The Morgan fingerprint density at radius 1 is 1.33 bits per heavy atom. The van der Waals surface area contributed by atoms with Gasteiger partial charge in [-0.05, 0) is 37.8 Å². The van der Waals surface area contributed by atoms with Gasteiger partial charge in [-0.25, -0.2) is 4.98 Å². The third kappa shape index (κ3) is 4.73. The van der Waals surface area contributed by atoms with Crippen LogP contribution in [0.3, 0.4) is 0 Å². The van der Waals surface area contributed by atoms with Crippen molar-refractivity contribution in [3.63, 3.8) is 0 Å². The molecule has 0 aliphatic rings. The van der Waals surface area contributed by atoms with E-state index in [1.807, 2.05) is 6.92 Å². The van der Waals surface area contributed by atoms with Gasteiger partial charge in [-0.3, -0.25) is 4.79 Å². The molecule has 100 valence electrons. The molecule has 1 heterocycles. The molecule has 0 saturated carbocycles. The third-order valence-electron chi connectivity index (χ3n) is 2.83. The average molecular weight is 249 g/mol. The molecule has 1 rings (SSSR count). The molecule has 2 N–H and O–H groups in total. The first kappa shape index (κ1) is 14.5. The Bertz CT molecular complexity index is 390. The molecule has 1 aromatic heterocycles. The van der Waals surface area contributed by atoms with Gasteiger partial charge in [-0.15, -0.1) is 0 Å². The summed E-state index contributed by atoms with van der Waals surface area (Å²) in [5.41, 5.74) is 0.644. The maximum atomic E-state index is 12.0. The van der Waals surface area contributed by atoms with Gasteiger partial charge in [0.05, 0.1) is 0 Å². The monoisotopic (exact) mass is 249 g/mol. The van der Waals surface area contributed by atoms with Gasteiger partial charge in [0.2, 0.25) is 0 Å². The van der Waals surface area contributed by atoms with Crippen molar-refractivity contribution in [2.45, 2.75) is 39.7 Å². The number of anilines is 1. The van der Waals surface area contributed by atoms with E-state index in [1.165, 1.54) is 0 Å². The molecular weight excluding hydrogens is 226 g/mol. The molecule has 0 spiro atoms. The molecule has 0 fully saturated rings. The first-order chi connectivity index (χ1) is 8.52. The van der Waals surface area contributed by atoms with Crippen LogP contribution in [0.25, 0.3) is 0 Å². The second kappa shape index (κ2) is 6.99. The number of nitrogens with zero attached hydrogens (tertiary/aromatic N) is 1. The normalized spacial score (nSPS) is 12.3. The zero-order valence-electron chi connectivity index (χ0n) is 11.7. The van der Waals surface area contributed by atoms with E-state index in [0.29, 0.717) is 17.3 Å². The molecule has 1 unspecified atom stereocenters. The molecule has 1 aromatic rings. The van der Waals surface area contributed by atoms with Gasteiger partial charge in [-0.2, -0.15) is 0 Å². The smallest absolute Gasteiger partial charge is 0.251 e. The van der Waals surface area contributed by atoms with Crippen LogP contribution in [-0.2, 0) is 0 Å². The van der Waals surface area contributed by atoms with Crippen LogP contribution in [0.15, 0.2) is 18.3 Å². The van der Waals surface area contributed by atoms with Crippen molar-refractivity contribution in [1.82, 2.24) is 10.3 Å². The highest BCUT2D eigenvalue weighted by Gasteiger charge is 2.10. The van der Waals surface area contributed by atoms with Crippen LogP contribution < -0.4 is 10.6 Å². The van der Waals surface area contributed by atoms with E-state index in [0.717, 1.165) is 12.8 Å². The zero-order valence-corrected chi connectivity index (χ0v) is 11.7.